The second-order valence-electron chi connectivity index (χ2n) is 4.85. The Kier molecular flexibility index (Phi) is 3.24. The normalized spacial score (nSPS) is 20.6. The van der Waals surface area contributed by atoms with Gasteiger partial charge < -0.3 is 4.90 Å². The average Bonchev–Trinajstić information content (AvgIpc) is 3.22. The zero-order valence-electron chi connectivity index (χ0n) is 10.3. The molecule has 2 aliphatic rings. The van der Waals surface area contributed by atoms with Crippen LogP contribution in [0.1, 0.15) is 12.8 Å². The lowest BCUT2D eigenvalue weighted by Gasteiger charge is -2.35. The van der Waals surface area contributed by atoms with Gasteiger partial charge in [-0.05, 0) is 12.8 Å². The van der Waals surface area contributed by atoms with Crippen LogP contribution in [-0.4, -0.2) is 52.0 Å². The number of hydrogen-bond acceptors (Lipinski definition) is 6. The molecule has 3 rings (SSSR count). The molecule has 1 aliphatic heterocycles. The van der Waals surface area contributed by atoms with E-state index in [4.69, 9.17) is 11.6 Å². The van der Waals surface area contributed by atoms with E-state index in [1.54, 1.807) is 0 Å². The number of halogens is 1. The molecule has 19 heavy (non-hydrogen) atoms. The first-order valence-electron chi connectivity index (χ1n) is 6.30. The molecule has 0 aromatic carbocycles. The quantitative estimate of drug-likeness (QED) is 0.473. The third-order valence-corrected chi connectivity index (χ3v) is 3.89. The van der Waals surface area contributed by atoms with E-state index in [2.05, 4.69) is 14.9 Å². The van der Waals surface area contributed by atoms with Gasteiger partial charge in [-0.15, -0.1) is 0 Å². The van der Waals surface area contributed by atoms with Crippen LogP contribution < -0.4 is 4.90 Å². The number of aromatic nitrogens is 2. The van der Waals surface area contributed by atoms with Crippen molar-refractivity contribution in [1.82, 2.24) is 14.9 Å². The van der Waals surface area contributed by atoms with Crippen LogP contribution in [0.3, 0.4) is 0 Å². The maximum atomic E-state index is 11.1. The molecule has 1 saturated heterocycles. The number of rotatable bonds is 3. The van der Waals surface area contributed by atoms with Gasteiger partial charge in [-0.25, -0.2) is 9.97 Å². The zero-order chi connectivity index (χ0) is 13.4. The minimum atomic E-state index is -0.509. The number of nitro groups is 1. The fourth-order valence-electron chi connectivity index (χ4n) is 2.48. The minimum Gasteiger partial charge on any atom is -0.348 e. The number of hydrogen-bond donors (Lipinski definition) is 0. The predicted octanol–water partition coefficient (Wildman–Crippen LogP) is 1.32. The van der Waals surface area contributed by atoms with Gasteiger partial charge in [0, 0.05) is 32.2 Å². The first-order valence-corrected chi connectivity index (χ1v) is 6.68. The first kappa shape index (κ1) is 12.6. The summed E-state index contributed by atoms with van der Waals surface area (Å²) in [6.45, 7) is 3.32. The number of anilines is 1. The molecule has 2 fully saturated rings. The maximum absolute atomic E-state index is 11.1. The number of piperazine rings is 1. The van der Waals surface area contributed by atoms with Gasteiger partial charge in [0.05, 0.1) is 4.92 Å². The van der Waals surface area contributed by atoms with Crippen LogP contribution in [0.2, 0.25) is 5.15 Å². The van der Waals surface area contributed by atoms with E-state index in [-0.39, 0.29) is 10.8 Å². The third-order valence-electron chi connectivity index (χ3n) is 3.62. The van der Waals surface area contributed by atoms with Crippen molar-refractivity contribution in [3.05, 3.63) is 21.6 Å². The first-order chi connectivity index (χ1) is 9.16. The topological polar surface area (TPSA) is 75.4 Å². The van der Waals surface area contributed by atoms with Crippen molar-refractivity contribution in [1.29, 1.82) is 0 Å². The highest BCUT2D eigenvalue weighted by Gasteiger charge is 2.33. The Morgan fingerprint density at radius 2 is 1.95 bits per heavy atom. The van der Waals surface area contributed by atoms with Crippen LogP contribution in [0, 0.1) is 10.1 Å². The van der Waals surface area contributed by atoms with Crippen LogP contribution in [0.4, 0.5) is 11.5 Å². The van der Waals surface area contributed by atoms with Crippen molar-refractivity contribution in [3.63, 3.8) is 0 Å². The summed E-state index contributed by atoms with van der Waals surface area (Å²) in [5.41, 5.74) is -0.191. The smallest absolute Gasteiger partial charge is 0.348 e. The zero-order valence-corrected chi connectivity index (χ0v) is 11.1. The lowest BCUT2D eigenvalue weighted by Crippen LogP contribution is -2.47. The molecule has 0 N–H and O–H groups in total. The summed E-state index contributed by atoms with van der Waals surface area (Å²) in [6, 6.07) is 0.728. The van der Waals surface area contributed by atoms with E-state index >= 15 is 0 Å². The summed E-state index contributed by atoms with van der Waals surface area (Å²) in [5.74, 6) is 0.334. The van der Waals surface area contributed by atoms with Gasteiger partial charge >= 0.3 is 5.69 Å². The van der Waals surface area contributed by atoms with Gasteiger partial charge in [-0.3, -0.25) is 15.0 Å². The summed E-state index contributed by atoms with van der Waals surface area (Å²) >= 11 is 5.80. The second kappa shape index (κ2) is 4.90. The molecular formula is C11H14ClN5O2. The molecule has 2 heterocycles. The van der Waals surface area contributed by atoms with Crippen molar-refractivity contribution in [2.45, 2.75) is 18.9 Å². The van der Waals surface area contributed by atoms with E-state index < -0.39 is 4.92 Å². The number of nitrogens with zero attached hydrogens (tertiary/aromatic N) is 5. The fraction of sp³-hybridized carbons (Fsp3) is 0.636. The molecule has 8 heteroatoms. The summed E-state index contributed by atoms with van der Waals surface area (Å²) < 4.78 is 0. The van der Waals surface area contributed by atoms with Crippen molar-refractivity contribution >= 4 is 23.1 Å². The summed E-state index contributed by atoms with van der Waals surface area (Å²) in [6.07, 6.45) is 3.83. The Hall–Kier alpha value is -1.47. The standard InChI is InChI=1S/C11H14ClN5O2/c12-10-9(17(18)19)11(14-7-13-10)16-5-3-15(4-6-16)8-1-2-8/h7-8H,1-6H2. The molecule has 7 nitrogen and oxygen atoms in total. The fourth-order valence-corrected chi connectivity index (χ4v) is 2.67. The van der Waals surface area contributed by atoms with Crippen LogP contribution in [0.5, 0.6) is 0 Å². The van der Waals surface area contributed by atoms with Crippen molar-refractivity contribution in [2.75, 3.05) is 31.1 Å². The highest BCUT2D eigenvalue weighted by molar-refractivity contribution is 6.31. The summed E-state index contributed by atoms with van der Waals surface area (Å²) in [4.78, 5) is 22.6. The van der Waals surface area contributed by atoms with Gasteiger partial charge in [0.2, 0.25) is 11.0 Å². The van der Waals surface area contributed by atoms with E-state index in [9.17, 15) is 10.1 Å². The monoisotopic (exact) mass is 283 g/mol. The van der Waals surface area contributed by atoms with Gasteiger partial charge in [-0.1, -0.05) is 11.6 Å². The predicted molar refractivity (Wildman–Crippen MR) is 70.5 cm³/mol. The maximum Gasteiger partial charge on any atom is 0.348 e. The highest BCUT2D eigenvalue weighted by atomic mass is 35.5. The Balaban J connectivity index is 1.79. The molecule has 1 aromatic rings. The van der Waals surface area contributed by atoms with E-state index in [1.165, 1.54) is 19.2 Å². The third kappa shape index (κ3) is 2.48. The summed E-state index contributed by atoms with van der Waals surface area (Å²) in [7, 11) is 0. The van der Waals surface area contributed by atoms with Crippen molar-refractivity contribution in [2.24, 2.45) is 0 Å². The Morgan fingerprint density at radius 3 is 2.53 bits per heavy atom. The minimum absolute atomic E-state index is 0.0976. The SMILES string of the molecule is O=[N+]([O-])c1c(Cl)ncnc1N1CCN(C2CC2)CC1. The Morgan fingerprint density at radius 1 is 1.26 bits per heavy atom. The van der Waals surface area contributed by atoms with Gasteiger partial charge in [-0.2, -0.15) is 0 Å². The largest absolute Gasteiger partial charge is 0.348 e. The van der Waals surface area contributed by atoms with Crippen LogP contribution in [-0.2, 0) is 0 Å². The van der Waals surface area contributed by atoms with Crippen LogP contribution in [0.25, 0.3) is 0 Å². The summed E-state index contributed by atoms with van der Waals surface area (Å²) in [5, 5.41) is 11.0. The second-order valence-corrected chi connectivity index (χ2v) is 5.21. The Bertz CT molecular complexity index is 500. The molecule has 1 aliphatic carbocycles. The molecule has 0 atom stereocenters. The lowest BCUT2D eigenvalue weighted by molar-refractivity contribution is -0.384. The molecule has 0 unspecified atom stereocenters. The van der Waals surface area contributed by atoms with Gasteiger partial charge in [0.15, 0.2) is 0 Å². The molecule has 1 aromatic heterocycles. The lowest BCUT2D eigenvalue weighted by atomic mass is 10.3. The molecule has 0 bridgehead atoms. The Labute approximate surface area is 115 Å². The average molecular weight is 284 g/mol. The molecule has 0 spiro atoms. The van der Waals surface area contributed by atoms with Gasteiger partial charge in [0.1, 0.15) is 6.33 Å². The molecule has 1 saturated carbocycles. The van der Waals surface area contributed by atoms with Crippen molar-refractivity contribution in [3.8, 4) is 0 Å². The van der Waals surface area contributed by atoms with Crippen LogP contribution >= 0.6 is 11.6 Å². The molecular weight excluding hydrogens is 270 g/mol. The molecule has 0 radical (unpaired) electrons. The van der Waals surface area contributed by atoms with E-state index in [0.29, 0.717) is 5.82 Å². The van der Waals surface area contributed by atoms with E-state index in [0.717, 1.165) is 32.2 Å². The van der Waals surface area contributed by atoms with Crippen molar-refractivity contribution < 1.29 is 4.92 Å². The van der Waals surface area contributed by atoms with Crippen LogP contribution in [0.15, 0.2) is 6.33 Å². The van der Waals surface area contributed by atoms with E-state index in [1.807, 2.05) is 4.90 Å². The highest BCUT2D eigenvalue weighted by Crippen LogP contribution is 2.33. The molecule has 0 amide bonds. The molecule has 102 valence electrons. The van der Waals surface area contributed by atoms with Gasteiger partial charge in [0.25, 0.3) is 0 Å².